The third kappa shape index (κ3) is 2.50. The number of hydrogen-bond donors (Lipinski definition) is 1. The van der Waals surface area contributed by atoms with Gasteiger partial charge in [-0.15, -0.1) is 0 Å². The first-order valence-corrected chi connectivity index (χ1v) is 6.74. The highest BCUT2D eigenvalue weighted by Crippen LogP contribution is 2.26. The highest BCUT2D eigenvalue weighted by Gasteiger charge is 2.07. The lowest BCUT2D eigenvalue weighted by Gasteiger charge is -2.04. The summed E-state index contributed by atoms with van der Waals surface area (Å²) in [7, 11) is 0. The van der Waals surface area contributed by atoms with Crippen LogP contribution >= 0.6 is 0 Å². The van der Waals surface area contributed by atoms with Crippen molar-refractivity contribution in [1.82, 2.24) is 4.98 Å². The summed E-state index contributed by atoms with van der Waals surface area (Å²) < 4.78 is 13.1. The van der Waals surface area contributed by atoms with Gasteiger partial charge < -0.3 is 4.98 Å². The van der Waals surface area contributed by atoms with E-state index in [-0.39, 0.29) is 11.7 Å². The normalized spacial score (nSPS) is 13.1. The Balaban J connectivity index is 1.87. The number of H-pyrrole nitrogens is 1. The van der Waals surface area contributed by atoms with Crippen LogP contribution in [0.4, 0.5) is 4.39 Å². The smallest absolute Gasteiger partial charge is 0.123 e. The second-order valence-electron chi connectivity index (χ2n) is 4.99. The average Bonchev–Trinajstić information content (AvgIpc) is 2.89. The maximum absolute atomic E-state index is 13.1. The highest BCUT2D eigenvalue weighted by molar-refractivity contribution is 5.84. The van der Waals surface area contributed by atoms with Crippen molar-refractivity contribution in [1.29, 1.82) is 0 Å². The van der Waals surface area contributed by atoms with Gasteiger partial charge in [0.25, 0.3) is 0 Å². The van der Waals surface area contributed by atoms with E-state index in [0.29, 0.717) is 0 Å². The molecule has 0 spiro atoms. The predicted octanol–water partition coefficient (Wildman–Crippen LogP) is 5.12. The van der Waals surface area contributed by atoms with Crippen LogP contribution in [0.1, 0.15) is 24.0 Å². The molecule has 0 aliphatic heterocycles. The third-order valence-corrected chi connectivity index (χ3v) is 3.54. The van der Waals surface area contributed by atoms with E-state index in [2.05, 4.69) is 30.1 Å². The van der Waals surface area contributed by atoms with Gasteiger partial charge in [-0.25, -0.2) is 4.39 Å². The van der Waals surface area contributed by atoms with E-state index in [9.17, 15) is 4.39 Å². The molecule has 100 valence electrons. The fourth-order valence-corrected chi connectivity index (χ4v) is 2.44. The van der Waals surface area contributed by atoms with Gasteiger partial charge in [0, 0.05) is 23.0 Å². The van der Waals surface area contributed by atoms with Gasteiger partial charge in [0.2, 0.25) is 0 Å². The Morgan fingerprint density at radius 2 is 1.95 bits per heavy atom. The van der Waals surface area contributed by atoms with Gasteiger partial charge >= 0.3 is 0 Å². The van der Waals surface area contributed by atoms with Crippen LogP contribution in [0.15, 0.2) is 60.8 Å². The molecule has 0 amide bonds. The molecular weight excluding hydrogens is 249 g/mol. The van der Waals surface area contributed by atoms with Gasteiger partial charge in [0.1, 0.15) is 5.82 Å². The maximum atomic E-state index is 13.1. The van der Waals surface area contributed by atoms with E-state index in [1.165, 1.54) is 17.0 Å². The number of aromatic amines is 1. The number of fused-ring (bicyclic) bond motifs is 1. The van der Waals surface area contributed by atoms with Crippen molar-refractivity contribution >= 4 is 17.0 Å². The molecule has 0 saturated heterocycles. The molecule has 0 unspecified atom stereocenters. The molecule has 1 atom stereocenters. The van der Waals surface area contributed by atoms with Crippen LogP contribution in [0.5, 0.6) is 0 Å². The van der Waals surface area contributed by atoms with E-state index in [4.69, 9.17) is 0 Å². The molecule has 1 aromatic heterocycles. The van der Waals surface area contributed by atoms with Crippen molar-refractivity contribution < 1.29 is 4.39 Å². The van der Waals surface area contributed by atoms with Gasteiger partial charge in [0.15, 0.2) is 0 Å². The molecule has 1 nitrogen and oxygen atoms in total. The van der Waals surface area contributed by atoms with Crippen LogP contribution < -0.4 is 0 Å². The number of aromatic nitrogens is 1. The lowest BCUT2D eigenvalue weighted by molar-refractivity contribution is 0.627. The molecule has 0 radical (unpaired) electrons. The number of nitrogens with one attached hydrogen (secondary N) is 1. The van der Waals surface area contributed by atoms with E-state index in [0.717, 1.165) is 11.1 Å². The van der Waals surface area contributed by atoms with E-state index >= 15 is 0 Å². The van der Waals surface area contributed by atoms with E-state index in [1.54, 1.807) is 12.1 Å². The number of hydrogen-bond acceptors (Lipinski definition) is 0. The summed E-state index contributed by atoms with van der Waals surface area (Å²) in [6.07, 6.45) is 6.12. The molecule has 0 fully saturated rings. The lowest BCUT2D eigenvalue weighted by Crippen LogP contribution is -1.87. The molecule has 0 saturated carbocycles. The lowest BCUT2D eigenvalue weighted by atomic mass is 9.99. The summed E-state index contributed by atoms with van der Waals surface area (Å²) in [5, 5.41) is 1.24. The fraction of sp³-hybridized carbons (Fsp3) is 0.111. The minimum Gasteiger partial charge on any atom is -0.361 e. The van der Waals surface area contributed by atoms with Crippen LogP contribution in [0.2, 0.25) is 0 Å². The van der Waals surface area contributed by atoms with Gasteiger partial charge in [-0.2, -0.15) is 0 Å². The Bertz CT molecular complexity index is 755. The third-order valence-electron chi connectivity index (χ3n) is 3.54. The maximum Gasteiger partial charge on any atom is 0.123 e. The van der Waals surface area contributed by atoms with Crippen molar-refractivity contribution in [3.8, 4) is 0 Å². The number of allylic oxidation sites excluding steroid dienone is 1. The van der Waals surface area contributed by atoms with Crippen LogP contribution in [-0.4, -0.2) is 4.98 Å². The molecule has 2 aromatic carbocycles. The molecule has 1 heterocycles. The average molecular weight is 265 g/mol. The largest absolute Gasteiger partial charge is 0.361 e. The number of halogens is 1. The molecule has 1 N–H and O–H groups in total. The number of benzene rings is 2. The van der Waals surface area contributed by atoms with E-state index in [1.807, 2.05) is 30.5 Å². The summed E-state index contributed by atoms with van der Waals surface area (Å²) in [5.41, 5.74) is 3.29. The second-order valence-corrected chi connectivity index (χ2v) is 4.99. The molecule has 0 aliphatic rings. The zero-order chi connectivity index (χ0) is 13.9. The minimum absolute atomic E-state index is 0.202. The molecule has 3 aromatic rings. The van der Waals surface area contributed by atoms with Crippen LogP contribution in [0.3, 0.4) is 0 Å². The van der Waals surface area contributed by atoms with Crippen LogP contribution in [0.25, 0.3) is 17.0 Å². The van der Waals surface area contributed by atoms with Crippen LogP contribution in [-0.2, 0) is 0 Å². The van der Waals surface area contributed by atoms with Crippen molar-refractivity contribution in [2.45, 2.75) is 12.8 Å². The molecule has 0 aliphatic carbocycles. The van der Waals surface area contributed by atoms with Gasteiger partial charge in [-0.05, 0) is 29.3 Å². The van der Waals surface area contributed by atoms with Crippen LogP contribution in [0, 0.1) is 5.82 Å². The standard InChI is InChI=1S/C18H16FN/c1-13(9-10-14-5-4-6-15(19)11-14)17-12-20-18-8-3-2-7-16(17)18/h2-13,20H,1H3/b10-9+/t13-/m0/s1. The first kappa shape index (κ1) is 12.7. The van der Waals surface area contributed by atoms with Crippen molar-refractivity contribution in [3.05, 3.63) is 77.7 Å². The molecule has 20 heavy (non-hydrogen) atoms. The molecule has 2 heteroatoms. The Labute approximate surface area is 117 Å². The first-order valence-electron chi connectivity index (χ1n) is 6.74. The van der Waals surface area contributed by atoms with Crippen molar-refractivity contribution in [2.75, 3.05) is 0 Å². The quantitative estimate of drug-likeness (QED) is 0.676. The molecular formula is C18H16FN. The molecule has 3 rings (SSSR count). The summed E-state index contributed by atoms with van der Waals surface area (Å²) in [6, 6.07) is 14.9. The highest BCUT2D eigenvalue weighted by atomic mass is 19.1. The summed E-state index contributed by atoms with van der Waals surface area (Å²) >= 11 is 0. The monoisotopic (exact) mass is 265 g/mol. The van der Waals surface area contributed by atoms with Crippen molar-refractivity contribution in [3.63, 3.8) is 0 Å². The van der Waals surface area contributed by atoms with E-state index < -0.39 is 0 Å². The Kier molecular flexibility index (Phi) is 3.38. The zero-order valence-electron chi connectivity index (χ0n) is 11.3. The van der Waals surface area contributed by atoms with Crippen molar-refractivity contribution in [2.24, 2.45) is 0 Å². The minimum atomic E-state index is -0.202. The van der Waals surface area contributed by atoms with Gasteiger partial charge in [-0.1, -0.05) is 49.4 Å². The number of para-hydroxylation sites is 1. The first-order chi connectivity index (χ1) is 9.74. The summed E-state index contributed by atoms with van der Waals surface area (Å²) in [5.74, 6) is 0.0707. The van der Waals surface area contributed by atoms with Gasteiger partial charge in [-0.3, -0.25) is 0 Å². The van der Waals surface area contributed by atoms with Gasteiger partial charge in [0.05, 0.1) is 0 Å². The Morgan fingerprint density at radius 3 is 2.80 bits per heavy atom. The Hall–Kier alpha value is -2.35. The second kappa shape index (κ2) is 5.33. The Morgan fingerprint density at radius 1 is 1.10 bits per heavy atom. The number of rotatable bonds is 3. The fourth-order valence-electron chi connectivity index (χ4n) is 2.44. The topological polar surface area (TPSA) is 15.8 Å². The predicted molar refractivity (Wildman–Crippen MR) is 82.1 cm³/mol. The summed E-state index contributed by atoms with van der Waals surface area (Å²) in [4.78, 5) is 3.28. The molecule has 0 bridgehead atoms. The zero-order valence-corrected chi connectivity index (χ0v) is 11.3. The summed E-state index contributed by atoms with van der Waals surface area (Å²) in [6.45, 7) is 2.14. The SMILES string of the molecule is C[C@@H](/C=C/c1cccc(F)c1)c1c[nH]c2ccccc12.